The lowest BCUT2D eigenvalue weighted by Crippen LogP contribution is -2.24. The van der Waals surface area contributed by atoms with E-state index in [2.05, 4.69) is 0 Å². The SMILES string of the molecule is NC1(Cc2ccc(F)cc2Cl)CC1. The number of nitrogens with two attached hydrogens (primary N) is 1. The molecular formula is C10H11ClFN. The predicted octanol–water partition coefficient (Wildman–Crippen LogP) is 2.51. The molecule has 0 radical (unpaired) electrons. The van der Waals surface area contributed by atoms with Gasteiger partial charge in [0.25, 0.3) is 0 Å². The first-order valence-corrected chi connectivity index (χ1v) is 4.70. The highest BCUT2D eigenvalue weighted by molar-refractivity contribution is 6.31. The zero-order chi connectivity index (χ0) is 9.47. The summed E-state index contributed by atoms with van der Waals surface area (Å²) in [6.45, 7) is 0. The van der Waals surface area contributed by atoms with Gasteiger partial charge in [0.2, 0.25) is 0 Å². The van der Waals surface area contributed by atoms with Crippen LogP contribution in [0.4, 0.5) is 4.39 Å². The van der Waals surface area contributed by atoms with Crippen LogP contribution in [0.5, 0.6) is 0 Å². The lowest BCUT2D eigenvalue weighted by Gasteiger charge is -2.09. The third-order valence-electron chi connectivity index (χ3n) is 2.45. The number of hydrogen-bond donors (Lipinski definition) is 1. The molecule has 0 bridgehead atoms. The molecule has 0 aliphatic heterocycles. The molecule has 0 aromatic heterocycles. The van der Waals surface area contributed by atoms with Crippen LogP contribution in [-0.2, 0) is 6.42 Å². The van der Waals surface area contributed by atoms with Crippen molar-refractivity contribution < 1.29 is 4.39 Å². The van der Waals surface area contributed by atoms with Gasteiger partial charge in [-0.1, -0.05) is 17.7 Å². The zero-order valence-corrected chi connectivity index (χ0v) is 7.94. The minimum Gasteiger partial charge on any atom is -0.325 e. The van der Waals surface area contributed by atoms with E-state index in [0.717, 1.165) is 24.8 Å². The Balaban J connectivity index is 2.20. The lowest BCUT2D eigenvalue weighted by atomic mass is 10.1. The van der Waals surface area contributed by atoms with Crippen LogP contribution < -0.4 is 5.73 Å². The maximum Gasteiger partial charge on any atom is 0.124 e. The third-order valence-corrected chi connectivity index (χ3v) is 2.80. The van der Waals surface area contributed by atoms with Gasteiger partial charge in [-0.3, -0.25) is 0 Å². The van der Waals surface area contributed by atoms with Crippen LogP contribution in [-0.4, -0.2) is 5.54 Å². The average molecular weight is 200 g/mol. The number of rotatable bonds is 2. The summed E-state index contributed by atoms with van der Waals surface area (Å²) in [6, 6.07) is 4.47. The van der Waals surface area contributed by atoms with E-state index in [1.165, 1.54) is 12.1 Å². The fraction of sp³-hybridized carbons (Fsp3) is 0.400. The second-order valence-electron chi connectivity index (χ2n) is 3.77. The van der Waals surface area contributed by atoms with Gasteiger partial charge < -0.3 is 5.73 Å². The maximum absolute atomic E-state index is 12.7. The van der Waals surface area contributed by atoms with Crippen molar-refractivity contribution >= 4 is 11.6 Å². The van der Waals surface area contributed by atoms with E-state index in [1.807, 2.05) is 0 Å². The van der Waals surface area contributed by atoms with Gasteiger partial charge in [-0.25, -0.2) is 4.39 Å². The van der Waals surface area contributed by atoms with Gasteiger partial charge in [-0.15, -0.1) is 0 Å². The van der Waals surface area contributed by atoms with Gasteiger partial charge in [0.15, 0.2) is 0 Å². The zero-order valence-electron chi connectivity index (χ0n) is 7.19. The molecule has 1 fully saturated rings. The van der Waals surface area contributed by atoms with Crippen molar-refractivity contribution in [1.82, 2.24) is 0 Å². The normalized spacial score (nSPS) is 18.7. The molecule has 0 atom stereocenters. The molecule has 0 heterocycles. The standard InChI is InChI=1S/C10H11ClFN/c11-9-5-8(12)2-1-7(9)6-10(13)3-4-10/h1-2,5H,3-4,6,13H2. The summed E-state index contributed by atoms with van der Waals surface area (Å²) in [7, 11) is 0. The first-order valence-electron chi connectivity index (χ1n) is 4.32. The fourth-order valence-electron chi connectivity index (χ4n) is 1.38. The summed E-state index contributed by atoms with van der Waals surface area (Å²) in [5.41, 5.74) is 6.81. The molecule has 1 nitrogen and oxygen atoms in total. The summed E-state index contributed by atoms with van der Waals surface area (Å²) in [5, 5.41) is 0.483. The molecule has 0 unspecified atom stereocenters. The van der Waals surface area contributed by atoms with E-state index in [9.17, 15) is 4.39 Å². The van der Waals surface area contributed by atoms with Crippen LogP contribution in [0.1, 0.15) is 18.4 Å². The number of hydrogen-bond acceptors (Lipinski definition) is 1. The molecule has 1 aromatic carbocycles. The Labute approximate surface area is 81.7 Å². The largest absolute Gasteiger partial charge is 0.325 e. The first-order chi connectivity index (χ1) is 6.09. The van der Waals surface area contributed by atoms with E-state index in [-0.39, 0.29) is 11.4 Å². The van der Waals surface area contributed by atoms with Crippen LogP contribution in [0, 0.1) is 5.82 Å². The van der Waals surface area contributed by atoms with E-state index in [4.69, 9.17) is 17.3 Å². The molecule has 0 amide bonds. The highest BCUT2D eigenvalue weighted by atomic mass is 35.5. The van der Waals surface area contributed by atoms with E-state index in [0.29, 0.717) is 5.02 Å². The van der Waals surface area contributed by atoms with E-state index in [1.54, 1.807) is 6.07 Å². The summed E-state index contributed by atoms with van der Waals surface area (Å²) in [4.78, 5) is 0. The van der Waals surface area contributed by atoms with Crippen molar-refractivity contribution in [2.24, 2.45) is 5.73 Å². The molecule has 13 heavy (non-hydrogen) atoms. The van der Waals surface area contributed by atoms with Gasteiger partial charge in [-0.2, -0.15) is 0 Å². The minimum atomic E-state index is -0.296. The van der Waals surface area contributed by atoms with Gasteiger partial charge in [-0.05, 0) is 37.0 Å². The Kier molecular flexibility index (Phi) is 2.05. The number of halogens is 2. The predicted molar refractivity (Wildman–Crippen MR) is 51.3 cm³/mol. The quantitative estimate of drug-likeness (QED) is 0.778. The molecule has 2 rings (SSSR count). The summed E-state index contributed by atoms with van der Waals surface area (Å²) in [5.74, 6) is -0.296. The van der Waals surface area contributed by atoms with Crippen LogP contribution >= 0.6 is 11.6 Å². The second-order valence-corrected chi connectivity index (χ2v) is 4.18. The minimum absolute atomic E-state index is 0.0680. The van der Waals surface area contributed by atoms with Gasteiger partial charge in [0.1, 0.15) is 5.82 Å². The van der Waals surface area contributed by atoms with Crippen molar-refractivity contribution in [2.75, 3.05) is 0 Å². The average Bonchev–Trinajstić information content (AvgIpc) is 2.75. The Morgan fingerprint density at radius 1 is 1.46 bits per heavy atom. The molecule has 1 aromatic rings. The first kappa shape index (κ1) is 8.97. The number of benzene rings is 1. The van der Waals surface area contributed by atoms with Gasteiger partial charge in [0.05, 0.1) is 0 Å². The van der Waals surface area contributed by atoms with Crippen molar-refractivity contribution in [3.63, 3.8) is 0 Å². The molecule has 2 N–H and O–H groups in total. The van der Waals surface area contributed by atoms with Crippen LogP contribution in [0.3, 0.4) is 0 Å². The highest BCUT2D eigenvalue weighted by Crippen LogP contribution is 2.37. The van der Waals surface area contributed by atoms with E-state index >= 15 is 0 Å². The molecule has 1 saturated carbocycles. The topological polar surface area (TPSA) is 26.0 Å². The molecule has 3 heteroatoms. The molecular weight excluding hydrogens is 189 g/mol. The highest BCUT2D eigenvalue weighted by Gasteiger charge is 2.38. The van der Waals surface area contributed by atoms with Crippen LogP contribution in [0.25, 0.3) is 0 Å². The monoisotopic (exact) mass is 199 g/mol. The maximum atomic E-state index is 12.7. The Morgan fingerprint density at radius 2 is 2.15 bits per heavy atom. The summed E-state index contributed by atoms with van der Waals surface area (Å²) < 4.78 is 12.7. The van der Waals surface area contributed by atoms with Crippen molar-refractivity contribution in [3.8, 4) is 0 Å². The second kappa shape index (κ2) is 2.96. The molecule has 0 spiro atoms. The summed E-state index contributed by atoms with van der Waals surface area (Å²) in [6.07, 6.45) is 2.84. The van der Waals surface area contributed by atoms with Crippen molar-refractivity contribution in [2.45, 2.75) is 24.8 Å². The molecule has 70 valence electrons. The third kappa shape index (κ3) is 2.01. The van der Waals surface area contributed by atoms with Gasteiger partial charge >= 0.3 is 0 Å². The molecule has 1 aliphatic rings. The van der Waals surface area contributed by atoms with Crippen molar-refractivity contribution in [1.29, 1.82) is 0 Å². The Bertz CT molecular complexity index is 334. The molecule has 0 saturated heterocycles. The fourth-order valence-corrected chi connectivity index (χ4v) is 1.62. The van der Waals surface area contributed by atoms with Gasteiger partial charge in [0, 0.05) is 10.6 Å². The molecule has 1 aliphatic carbocycles. The lowest BCUT2D eigenvalue weighted by molar-refractivity contribution is 0.623. The van der Waals surface area contributed by atoms with Crippen molar-refractivity contribution in [3.05, 3.63) is 34.6 Å². The Morgan fingerprint density at radius 3 is 2.69 bits per heavy atom. The summed E-state index contributed by atoms with van der Waals surface area (Å²) >= 11 is 5.87. The van der Waals surface area contributed by atoms with Crippen LogP contribution in [0.15, 0.2) is 18.2 Å². The van der Waals surface area contributed by atoms with Crippen LogP contribution in [0.2, 0.25) is 5.02 Å². The Hall–Kier alpha value is -0.600. The smallest absolute Gasteiger partial charge is 0.124 e. The van der Waals surface area contributed by atoms with E-state index < -0.39 is 0 Å².